The molecule has 2 aromatic carbocycles. The van der Waals surface area contributed by atoms with Gasteiger partial charge in [0.25, 0.3) is 11.8 Å². The van der Waals surface area contributed by atoms with Crippen molar-refractivity contribution in [2.45, 2.75) is 13.5 Å². The molecular formula is C22H27N3O3. The number of carbonyl (C=O) groups excluding carboxylic acids is 2. The first-order valence-corrected chi connectivity index (χ1v) is 9.64. The number of amides is 2. The summed E-state index contributed by atoms with van der Waals surface area (Å²) in [5, 5.41) is 2.89. The summed E-state index contributed by atoms with van der Waals surface area (Å²) in [6.45, 7) is 6.83. The summed E-state index contributed by atoms with van der Waals surface area (Å²) in [6, 6.07) is 14.4. The van der Waals surface area contributed by atoms with Crippen molar-refractivity contribution in [1.29, 1.82) is 0 Å². The summed E-state index contributed by atoms with van der Waals surface area (Å²) < 4.78 is 5.30. The van der Waals surface area contributed by atoms with Gasteiger partial charge in [-0.3, -0.25) is 9.59 Å². The van der Waals surface area contributed by atoms with Crippen molar-refractivity contribution in [3.63, 3.8) is 0 Å². The van der Waals surface area contributed by atoms with Gasteiger partial charge in [-0.25, -0.2) is 0 Å². The maximum absolute atomic E-state index is 12.7. The molecule has 0 aromatic heterocycles. The van der Waals surface area contributed by atoms with E-state index in [-0.39, 0.29) is 11.8 Å². The number of likely N-dealkylation sites (N-methyl/N-ethyl adjacent to an activating group) is 1. The van der Waals surface area contributed by atoms with Gasteiger partial charge in [0.05, 0.1) is 7.11 Å². The van der Waals surface area contributed by atoms with Crippen molar-refractivity contribution in [2.75, 3.05) is 39.8 Å². The number of ether oxygens (including phenoxy) is 1. The molecule has 0 atom stereocenters. The van der Waals surface area contributed by atoms with Gasteiger partial charge in [-0.2, -0.15) is 0 Å². The zero-order chi connectivity index (χ0) is 19.9. The van der Waals surface area contributed by atoms with Gasteiger partial charge in [-0.1, -0.05) is 25.1 Å². The number of methoxy groups -OCH3 is 1. The van der Waals surface area contributed by atoms with E-state index in [0.29, 0.717) is 17.7 Å². The minimum absolute atomic E-state index is 0.0248. The highest BCUT2D eigenvalue weighted by molar-refractivity contribution is 5.97. The molecule has 2 aromatic rings. The molecule has 1 N–H and O–H groups in total. The third-order valence-electron chi connectivity index (χ3n) is 5.13. The predicted octanol–water partition coefficient (Wildman–Crippen LogP) is 2.40. The molecule has 0 spiro atoms. The highest BCUT2D eigenvalue weighted by Crippen LogP contribution is 2.17. The van der Waals surface area contributed by atoms with E-state index in [1.165, 1.54) is 0 Å². The van der Waals surface area contributed by atoms with E-state index in [4.69, 9.17) is 4.74 Å². The second kappa shape index (κ2) is 9.37. The van der Waals surface area contributed by atoms with Crippen molar-refractivity contribution in [3.05, 3.63) is 65.2 Å². The molecule has 1 heterocycles. The Hall–Kier alpha value is -2.86. The van der Waals surface area contributed by atoms with E-state index >= 15 is 0 Å². The van der Waals surface area contributed by atoms with Gasteiger partial charge in [-0.15, -0.1) is 0 Å². The molecule has 1 aliphatic heterocycles. The summed E-state index contributed by atoms with van der Waals surface area (Å²) in [4.78, 5) is 29.3. The monoisotopic (exact) mass is 381 g/mol. The van der Waals surface area contributed by atoms with Gasteiger partial charge >= 0.3 is 0 Å². The first-order chi connectivity index (χ1) is 13.6. The van der Waals surface area contributed by atoms with Crippen LogP contribution in [-0.4, -0.2) is 61.4 Å². The minimum atomic E-state index is -0.179. The van der Waals surface area contributed by atoms with Crippen LogP contribution >= 0.6 is 0 Å². The number of nitrogens with one attached hydrogen (secondary N) is 1. The Morgan fingerprint density at radius 2 is 1.61 bits per heavy atom. The largest absolute Gasteiger partial charge is 0.496 e. The summed E-state index contributed by atoms with van der Waals surface area (Å²) in [5.74, 6) is 0.588. The first-order valence-electron chi connectivity index (χ1n) is 9.64. The molecule has 0 aliphatic carbocycles. The predicted molar refractivity (Wildman–Crippen MR) is 109 cm³/mol. The molecule has 0 unspecified atom stereocenters. The van der Waals surface area contributed by atoms with Crippen molar-refractivity contribution in [2.24, 2.45) is 0 Å². The normalized spacial score (nSPS) is 14.6. The van der Waals surface area contributed by atoms with Crippen LogP contribution in [0.15, 0.2) is 48.5 Å². The average molecular weight is 381 g/mol. The van der Waals surface area contributed by atoms with Crippen LogP contribution in [0.3, 0.4) is 0 Å². The van der Waals surface area contributed by atoms with Crippen LogP contribution in [0.1, 0.15) is 33.2 Å². The van der Waals surface area contributed by atoms with Crippen LogP contribution < -0.4 is 10.1 Å². The highest BCUT2D eigenvalue weighted by atomic mass is 16.5. The van der Waals surface area contributed by atoms with Gasteiger partial charge < -0.3 is 19.9 Å². The van der Waals surface area contributed by atoms with Crippen LogP contribution in [-0.2, 0) is 6.54 Å². The van der Waals surface area contributed by atoms with Gasteiger partial charge in [0, 0.05) is 49.4 Å². The lowest BCUT2D eigenvalue weighted by Crippen LogP contribution is -2.48. The zero-order valence-corrected chi connectivity index (χ0v) is 16.5. The Balaban J connectivity index is 1.57. The van der Waals surface area contributed by atoms with E-state index in [1.807, 2.05) is 29.2 Å². The molecule has 0 bridgehead atoms. The van der Waals surface area contributed by atoms with Crippen LogP contribution in [0.4, 0.5) is 0 Å². The first kappa shape index (κ1) is 19.9. The summed E-state index contributed by atoms with van der Waals surface area (Å²) in [7, 11) is 1.61. The minimum Gasteiger partial charge on any atom is -0.496 e. The standard InChI is InChI=1S/C22H27N3O3/c1-3-24-12-14-25(15-13-24)22(27)18-10-8-17(9-11-18)21(26)23-16-19-6-4-5-7-20(19)28-2/h4-11H,3,12-16H2,1-2H3,(H,23,26). The topological polar surface area (TPSA) is 61.9 Å². The van der Waals surface area contributed by atoms with Crippen molar-refractivity contribution >= 4 is 11.8 Å². The maximum Gasteiger partial charge on any atom is 0.253 e. The number of para-hydroxylation sites is 1. The van der Waals surface area contributed by atoms with E-state index in [9.17, 15) is 9.59 Å². The molecule has 28 heavy (non-hydrogen) atoms. The van der Waals surface area contributed by atoms with E-state index in [2.05, 4.69) is 17.1 Å². The van der Waals surface area contributed by atoms with Gasteiger partial charge in [0.1, 0.15) is 5.75 Å². The summed E-state index contributed by atoms with van der Waals surface area (Å²) in [5.41, 5.74) is 2.06. The Labute approximate surface area is 166 Å². The number of carbonyl (C=O) groups is 2. The highest BCUT2D eigenvalue weighted by Gasteiger charge is 2.21. The molecule has 148 valence electrons. The van der Waals surface area contributed by atoms with Gasteiger partial charge in [0.15, 0.2) is 0 Å². The Morgan fingerprint density at radius 1 is 0.964 bits per heavy atom. The summed E-state index contributed by atoms with van der Waals surface area (Å²) >= 11 is 0. The average Bonchev–Trinajstić information content (AvgIpc) is 2.77. The maximum atomic E-state index is 12.7. The quantitative estimate of drug-likeness (QED) is 0.835. The Morgan fingerprint density at radius 3 is 2.25 bits per heavy atom. The van der Waals surface area contributed by atoms with Crippen molar-refractivity contribution in [3.8, 4) is 5.75 Å². The lowest BCUT2D eigenvalue weighted by atomic mass is 10.1. The molecule has 3 rings (SSSR count). The number of hydrogen-bond acceptors (Lipinski definition) is 4. The van der Waals surface area contributed by atoms with Crippen molar-refractivity contribution in [1.82, 2.24) is 15.1 Å². The molecule has 1 saturated heterocycles. The number of rotatable bonds is 6. The van der Waals surface area contributed by atoms with Crippen LogP contribution in [0.25, 0.3) is 0 Å². The van der Waals surface area contributed by atoms with E-state index in [1.54, 1.807) is 31.4 Å². The zero-order valence-electron chi connectivity index (χ0n) is 16.5. The van der Waals surface area contributed by atoms with Crippen LogP contribution in [0, 0.1) is 0 Å². The van der Waals surface area contributed by atoms with Crippen molar-refractivity contribution < 1.29 is 14.3 Å². The second-order valence-corrected chi connectivity index (χ2v) is 6.80. The summed E-state index contributed by atoms with van der Waals surface area (Å²) in [6.07, 6.45) is 0. The van der Waals surface area contributed by atoms with Gasteiger partial charge in [-0.05, 0) is 36.9 Å². The third kappa shape index (κ3) is 4.70. The van der Waals surface area contributed by atoms with E-state index < -0.39 is 0 Å². The number of hydrogen-bond donors (Lipinski definition) is 1. The van der Waals surface area contributed by atoms with Crippen LogP contribution in [0.5, 0.6) is 5.75 Å². The molecule has 0 radical (unpaired) electrons. The SMILES string of the molecule is CCN1CCN(C(=O)c2ccc(C(=O)NCc3ccccc3OC)cc2)CC1. The Kier molecular flexibility index (Phi) is 6.66. The lowest BCUT2D eigenvalue weighted by Gasteiger charge is -2.34. The number of benzene rings is 2. The molecule has 6 nitrogen and oxygen atoms in total. The molecule has 2 amide bonds. The number of nitrogens with zero attached hydrogens (tertiary/aromatic N) is 2. The van der Waals surface area contributed by atoms with E-state index in [0.717, 1.165) is 44.0 Å². The smallest absolute Gasteiger partial charge is 0.253 e. The fourth-order valence-corrected chi connectivity index (χ4v) is 3.34. The fraction of sp³-hybridized carbons (Fsp3) is 0.364. The molecule has 6 heteroatoms. The fourth-order valence-electron chi connectivity index (χ4n) is 3.34. The molecule has 1 aliphatic rings. The second-order valence-electron chi connectivity index (χ2n) is 6.80. The molecule has 0 saturated carbocycles. The lowest BCUT2D eigenvalue weighted by molar-refractivity contribution is 0.0643. The Bertz CT molecular complexity index is 812. The number of piperazine rings is 1. The van der Waals surface area contributed by atoms with Crippen LogP contribution in [0.2, 0.25) is 0 Å². The third-order valence-corrected chi connectivity index (χ3v) is 5.13. The van der Waals surface area contributed by atoms with Gasteiger partial charge in [0.2, 0.25) is 0 Å². The molecule has 1 fully saturated rings. The molecular weight excluding hydrogens is 354 g/mol.